The number of ether oxygens (including phenoxy) is 2. The molecule has 3 N–H and O–H groups in total. The smallest absolute Gasteiger partial charge is 0.193 e. The molecule has 1 heterocycles. The summed E-state index contributed by atoms with van der Waals surface area (Å²) >= 11 is 1.61. The van der Waals surface area contributed by atoms with Crippen LogP contribution in [-0.2, 0) is 6.54 Å². The van der Waals surface area contributed by atoms with Gasteiger partial charge in [0.05, 0.1) is 30.5 Å². The minimum Gasteiger partial charge on any atom is -0.494 e. The van der Waals surface area contributed by atoms with Crippen LogP contribution >= 0.6 is 11.3 Å². The van der Waals surface area contributed by atoms with Crippen LogP contribution in [0, 0.1) is 6.92 Å². The Kier molecular flexibility index (Phi) is 6.22. The predicted molar refractivity (Wildman–Crippen MR) is 94.6 cm³/mol. The van der Waals surface area contributed by atoms with Crippen LogP contribution in [-0.4, -0.2) is 24.2 Å². The Balaban J connectivity index is 2.10. The lowest BCUT2D eigenvalue weighted by Gasteiger charge is -2.13. The minimum atomic E-state index is 0.325. The number of hydrogen-bond acceptors (Lipinski definition) is 5. The molecule has 0 bridgehead atoms. The Hall–Kier alpha value is -2.28. The van der Waals surface area contributed by atoms with E-state index in [1.54, 1.807) is 11.3 Å². The number of aryl methyl sites for hydroxylation is 1. The van der Waals surface area contributed by atoms with E-state index >= 15 is 0 Å². The van der Waals surface area contributed by atoms with E-state index in [0.717, 1.165) is 21.3 Å². The fraction of sp³-hybridized carbons (Fsp3) is 0.375. The summed E-state index contributed by atoms with van der Waals surface area (Å²) in [7, 11) is 0. The Morgan fingerprint density at radius 2 is 2.09 bits per heavy atom. The molecule has 2 aromatic rings. The van der Waals surface area contributed by atoms with Gasteiger partial charge >= 0.3 is 0 Å². The van der Waals surface area contributed by atoms with Crippen molar-refractivity contribution < 1.29 is 9.47 Å². The van der Waals surface area contributed by atoms with Gasteiger partial charge in [-0.3, -0.25) is 0 Å². The number of anilines is 1. The van der Waals surface area contributed by atoms with Crippen molar-refractivity contribution >= 4 is 23.0 Å². The molecule has 0 saturated heterocycles. The average molecular weight is 334 g/mol. The van der Waals surface area contributed by atoms with Gasteiger partial charge in [-0.25, -0.2) is 9.98 Å². The van der Waals surface area contributed by atoms with Crippen LogP contribution in [0.4, 0.5) is 5.69 Å². The largest absolute Gasteiger partial charge is 0.494 e. The van der Waals surface area contributed by atoms with Crippen LogP contribution in [0.2, 0.25) is 0 Å². The van der Waals surface area contributed by atoms with Gasteiger partial charge in [0.15, 0.2) is 5.96 Å². The molecular weight excluding hydrogens is 312 g/mol. The van der Waals surface area contributed by atoms with E-state index in [0.29, 0.717) is 31.5 Å². The highest BCUT2D eigenvalue weighted by atomic mass is 32.1. The van der Waals surface area contributed by atoms with Crippen molar-refractivity contribution in [3.8, 4) is 11.5 Å². The maximum Gasteiger partial charge on any atom is 0.193 e. The van der Waals surface area contributed by atoms with Crippen molar-refractivity contribution in [3.63, 3.8) is 0 Å². The Bertz CT molecular complexity index is 670. The first-order valence-corrected chi connectivity index (χ1v) is 8.32. The summed E-state index contributed by atoms with van der Waals surface area (Å²) in [6.45, 7) is 7.51. The molecule has 0 aliphatic rings. The molecule has 0 spiro atoms. The maximum atomic E-state index is 5.98. The van der Waals surface area contributed by atoms with Gasteiger partial charge in [0.1, 0.15) is 11.5 Å². The fourth-order valence-electron chi connectivity index (χ4n) is 1.96. The third kappa shape index (κ3) is 5.14. The van der Waals surface area contributed by atoms with Crippen LogP contribution < -0.4 is 20.5 Å². The number of benzene rings is 1. The number of thiazole rings is 1. The summed E-state index contributed by atoms with van der Waals surface area (Å²) < 4.78 is 11.1. The molecule has 0 atom stereocenters. The number of aliphatic imine (C=N–C) groups is 1. The first kappa shape index (κ1) is 17.1. The first-order valence-electron chi connectivity index (χ1n) is 7.50. The Morgan fingerprint density at radius 3 is 2.74 bits per heavy atom. The first-order chi connectivity index (χ1) is 11.1. The van der Waals surface area contributed by atoms with Crippen molar-refractivity contribution in [1.29, 1.82) is 0 Å². The minimum absolute atomic E-state index is 0.325. The zero-order chi connectivity index (χ0) is 16.7. The van der Waals surface area contributed by atoms with Crippen LogP contribution in [0.3, 0.4) is 0 Å². The van der Waals surface area contributed by atoms with E-state index in [1.165, 1.54) is 0 Å². The third-order valence-corrected chi connectivity index (χ3v) is 3.80. The lowest BCUT2D eigenvalue weighted by atomic mass is 10.2. The summed E-state index contributed by atoms with van der Waals surface area (Å²) in [5.41, 5.74) is 6.71. The molecule has 0 radical (unpaired) electrons. The topological polar surface area (TPSA) is 81.8 Å². The van der Waals surface area contributed by atoms with Gasteiger partial charge in [-0.05, 0) is 32.9 Å². The van der Waals surface area contributed by atoms with E-state index in [2.05, 4.69) is 15.3 Å². The van der Waals surface area contributed by atoms with Crippen LogP contribution in [0.5, 0.6) is 11.5 Å². The van der Waals surface area contributed by atoms with Crippen LogP contribution in [0.15, 0.2) is 29.4 Å². The molecule has 0 saturated carbocycles. The van der Waals surface area contributed by atoms with Gasteiger partial charge in [0, 0.05) is 17.1 Å². The van der Waals surface area contributed by atoms with Gasteiger partial charge in [0.25, 0.3) is 0 Å². The van der Waals surface area contributed by atoms with Gasteiger partial charge in [-0.15, -0.1) is 11.3 Å². The molecule has 0 amide bonds. The number of nitrogens with zero attached hydrogens (tertiary/aromatic N) is 2. The van der Waals surface area contributed by atoms with Crippen molar-refractivity contribution in [2.75, 3.05) is 18.5 Å². The molecular formula is C16H22N4O2S. The van der Waals surface area contributed by atoms with E-state index < -0.39 is 0 Å². The second-order valence-corrected chi connectivity index (χ2v) is 6.02. The lowest BCUT2D eigenvalue weighted by Crippen LogP contribution is -2.23. The summed E-state index contributed by atoms with van der Waals surface area (Å²) in [5.74, 6) is 1.79. The number of rotatable bonds is 7. The number of nitrogens with two attached hydrogens (primary N) is 1. The van der Waals surface area contributed by atoms with Gasteiger partial charge in [-0.2, -0.15) is 0 Å². The third-order valence-electron chi connectivity index (χ3n) is 2.90. The molecule has 2 rings (SSSR count). The molecule has 124 valence electrons. The number of aromatic nitrogens is 1. The molecule has 0 aliphatic heterocycles. The SMILES string of the molecule is CCOc1ccc(OCC)c(NC(N)=NCc2cnc(C)s2)c1. The molecule has 0 unspecified atom stereocenters. The van der Waals surface area contributed by atoms with E-state index in [9.17, 15) is 0 Å². The second kappa shape index (κ2) is 8.38. The molecule has 6 nitrogen and oxygen atoms in total. The molecule has 1 aromatic carbocycles. The maximum absolute atomic E-state index is 5.98. The standard InChI is InChI=1S/C16H22N4O2S/c1-4-21-12-6-7-15(22-5-2)14(8-12)20-16(17)19-10-13-9-18-11(3)23-13/h6-9H,4-5,10H2,1-3H3,(H3,17,19,20). The lowest BCUT2D eigenvalue weighted by molar-refractivity contribution is 0.332. The van der Waals surface area contributed by atoms with Gasteiger partial charge in [-0.1, -0.05) is 0 Å². The number of hydrogen-bond donors (Lipinski definition) is 2. The number of nitrogens with one attached hydrogen (secondary N) is 1. The molecule has 7 heteroatoms. The van der Waals surface area contributed by atoms with E-state index in [-0.39, 0.29) is 0 Å². The van der Waals surface area contributed by atoms with Gasteiger partial charge < -0.3 is 20.5 Å². The molecule has 1 aromatic heterocycles. The zero-order valence-corrected chi connectivity index (χ0v) is 14.4. The summed E-state index contributed by atoms with van der Waals surface area (Å²) in [4.78, 5) is 9.61. The van der Waals surface area contributed by atoms with Crippen molar-refractivity contribution in [2.45, 2.75) is 27.3 Å². The zero-order valence-electron chi connectivity index (χ0n) is 13.6. The van der Waals surface area contributed by atoms with Crippen LogP contribution in [0.25, 0.3) is 0 Å². The van der Waals surface area contributed by atoms with Gasteiger partial charge in [0.2, 0.25) is 0 Å². The van der Waals surface area contributed by atoms with Crippen molar-refractivity contribution in [1.82, 2.24) is 4.98 Å². The Morgan fingerprint density at radius 1 is 1.30 bits per heavy atom. The predicted octanol–water partition coefficient (Wildman–Crippen LogP) is 3.18. The normalized spacial score (nSPS) is 11.3. The summed E-state index contributed by atoms with van der Waals surface area (Å²) in [6, 6.07) is 5.58. The molecule has 23 heavy (non-hydrogen) atoms. The van der Waals surface area contributed by atoms with Crippen molar-refractivity contribution in [3.05, 3.63) is 34.3 Å². The highest BCUT2D eigenvalue weighted by molar-refractivity contribution is 7.11. The summed E-state index contributed by atoms with van der Waals surface area (Å²) in [5, 5.41) is 4.10. The van der Waals surface area contributed by atoms with E-state index in [1.807, 2.05) is 45.2 Å². The highest BCUT2D eigenvalue weighted by Crippen LogP contribution is 2.29. The highest BCUT2D eigenvalue weighted by Gasteiger charge is 2.07. The quantitative estimate of drug-likeness (QED) is 0.600. The fourth-order valence-corrected chi connectivity index (χ4v) is 2.68. The monoisotopic (exact) mass is 334 g/mol. The summed E-state index contributed by atoms with van der Waals surface area (Å²) in [6.07, 6.45) is 1.82. The van der Waals surface area contributed by atoms with Crippen LogP contribution in [0.1, 0.15) is 23.7 Å². The molecule has 0 fully saturated rings. The van der Waals surface area contributed by atoms with E-state index in [4.69, 9.17) is 15.2 Å². The molecule has 0 aliphatic carbocycles. The average Bonchev–Trinajstić information content (AvgIpc) is 2.94. The second-order valence-electron chi connectivity index (χ2n) is 4.70. The number of guanidine groups is 1. The van der Waals surface area contributed by atoms with Crippen molar-refractivity contribution in [2.24, 2.45) is 10.7 Å². The Labute approximate surface area is 140 Å².